The second kappa shape index (κ2) is 9.64. The van der Waals surface area contributed by atoms with Crippen LogP contribution in [-0.2, 0) is 4.79 Å². The summed E-state index contributed by atoms with van der Waals surface area (Å²) in [5.74, 6) is -0.935. The average molecular weight is 401 g/mol. The summed E-state index contributed by atoms with van der Waals surface area (Å²) in [7, 11) is 0. The van der Waals surface area contributed by atoms with Gasteiger partial charge in [-0.25, -0.2) is 4.79 Å². The number of carboxylic acid groups (broad SMARTS) is 1. The van der Waals surface area contributed by atoms with Crippen LogP contribution in [0.2, 0.25) is 0 Å². The number of carbonyl (C=O) groups is 1. The Balaban J connectivity index is 0.000000379. The van der Waals surface area contributed by atoms with Gasteiger partial charge in [0, 0.05) is 34.9 Å². The van der Waals surface area contributed by atoms with Crippen molar-refractivity contribution in [3.8, 4) is 0 Å². The fourth-order valence-electron chi connectivity index (χ4n) is 1.27. The number of rotatable bonds is 3. The van der Waals surface area contributed by atoms with Crippen molar-refractivity contribution in [1.29, 1.82) is 0 Å². The highest BCUT2D eigenvalue weighted by molar-refractivity contribution is 7.99. The first-order chi connectivity index (χ1) is 10.7. The first-order valence-corrected chi connectivity index (χ1v) is 8.92. The Morgan fingerprint density at radius 3 is 1.52 bits per heavy atom. The lowest BCUT2D eigenvalue weighted by Gasteiger charge is -2.06. The summed E-state index contributed by atoms with van der Waals surface area (Å²) in [6.45, 7) is 4.60. The lowest BCUT2D eigenvalue weighted by molar-refractivity contribution is -0.132. The minimum Gasteiger partial charge on any atom is -0.478 e. The molecule has 0 saturated heterocycles. The van der Waals surface area contributed by atoms with Crippen molar-refractivity contribution in [2.24, 2.45) is 0 Å². The van der Waals surface area contributed by atoms with Crippen LogP contribution in [0.5, 0.6) is 0 Å². The summed E-state index contributed by atoms with van der Waals surface area (Å²) in [6.07, 6.45) is 0. The summed E-state index contributed by atoms with van der Waals surface area (Å²) in [4.78, 5) is 15.4. The molecule has 7 heteroatoms. The number of aliphatic carboxylic acids is 1. The van der Waals surface area contributed by atoms with E-state index in [9.17, 15) is 4.79 Å². The quantitative estimate of drug-likeness (QED) is 0.342. The first-order valence-electron chi connectivity index (χ1n) is 6.31. The van der Waals surface area contributed by atoms with E-state index in [0.717, 1.165) is 29.4 Å². The Hall–Kier alpha value is -0.600. The van der Waals surface area contributed by atoms with E-state index >= 15 is 0 Å². The van der Waals surface area contributed by atoms with E-state index in [2.05, 4.69) is 57.1 Å². The number of thiol groups is 4. The summed E-state index contributed by atoms with van der Waals surface area (Å²) in [6, 6.07) is 12.0. The third kappa shape index (κ3) is 7.22. The predicted molar refractivity (Wildman–Crippen MR) is 108 cm³/mol. The number of carboxylic acids is 1. The minimum atomic E-state index is -0.935. The molecule has 0 saturated carbocycles. The third-order valence-electron chi connectivity index (χ3n) is 2.49. The van der Waals surface area contributed by atoms with E-state index in [1.54, 1.807) is 11.8 Å². The molecule has 0 unspecified atom stereocenters. The maximum absolute atomic E-state index is 9.60. The number of hydrogen-bond acceptors (Lipinski definition) is 6. The van der Waals surface area contributed by atoms with Crippen LogP contribution in [0.4, 0.5) is 0 Å². The van der Waals surface area contributed by atoms with E-state index in [1.807, 2.05) is 36.4 Å². The second-order valence-electron chi connectivity index (χ2n) is 4.49. The van der Waals surface area contributed by atoms with Crippen molar-refractivity contribution < 1.29 is 9.90 Å². The van der Waals surface area contributed by atoms with Gasteiger partial charge in [0.25, 0.3) is 0 Å². The molecule has 2 rings (SSSR count). The van der Waals surface area contributed by atoms with Crippen molar-refractivity contribution in [1.82, 2.24) is 0 Å². The Morgan fingerprint density at radius 1 is 0.913 bits per heavy atom. The lowest BCUT2D eigenvalue weighted by Crippen LogP contribution is -1.92. The van der Waals surface area contributed by atoms with E-state index in [-0.39, 0.29) is 5.57 Å². The molecule has 0 aromatic heterocycles. The Kier molecular flexibility index (Phi) is 8.57. The largest absolute Gasteiger partial charge is 0.478 e. The van der Waals surface area contributed by atoms with Crippen molar-refractivity contribution in [2.45, 2.75) is 36.3 Å². The predicted octanol–water partition coefficient (Wildman–Crippen LogP) is 5.64. The standard InChI is InChI=1S/C12H10S5.C4H6O2/c13-9-3-1-7(5-11(9)15)17-8-2-4-10(14)12(16)6-8;1-3(2)4(5)6/h1-6,13-16H;1H2,2H3,(H,5,6). The molecule has 0 amide bonds. The van der Waals surface area contributed by atoms with Crippen molar-refractivity contribution in [2.75, 3.05) is 0 Å². The van der Waals surface area contributed by atoms with Gasteiger partial charge in [0.1, 0.15) is 0 Å². The van der Waals surface area contributed by atoms with Crippen molar-refractivity contribution >= 4 is 68.2 Å². The maximum Gasteiger partial charge on any atom is 0.330 e. The highest BCUT2D eigenvalue weighted by atomic mass is 32.2. The van der Waals surface area contributed by atoms with Crippen LogP contribution < -0.4 is 0 Å². The van der Waals surface area contributed by atoms with Gasteiger partial charge in [-0.2, -0.15) is 0 Å². The number of benzene rings is 2. The summed E-state index contributed by atoms with van der Waals surface area (Å²) in [5, 5.41) is 7.89. The summed E-state index contributed by atoms with van der Waals surface area (Å²) < 4.78 is 0. The molecule has 0 bridgehead atoms. The van der Waals surface area contributed by atoms with Gasteiger partial charge in [-0.15, -0.1) is 50.5 Å². The molecule has 0 aliphatic carbocycles. The van der Waals surface area contributed by atoms with Crippen LogP contribution in [0, 0.1) is 0 Å². The van der Waals surface area contributed by atoms with Crippen LogP contribution in [0.3, 0.4) is 0 Å². The topological polar surface area (TPSA) is 37.3 Å². The van der Waals surface area contributed by atoms with Gasteiger partial charge >= 0.3 is 5.97 Å². The molecule has 0 fully saturated rings. The molecule has 2 aromatic carbocycles. The zero-order chi connectivity index (χ0) is 17.6. The van der Waals surface area contributed by atoms with Gasteiger partial charge in [0.05, 0.1) is 0 Å². The molecule has 2 nitrogen and oxygen atoms in total. The van der Waals surface area contributed by atoms with E-state index in [1.165, 1.54) is 6.92 Å². The fourth-order valence-corrected chi connectivity index (χ4v) is 3.05. The molecule has 23 heavy (non-hydrogen) atoms. The highest BCUT2D eigenvalue weighted by Crippen LogP contribution is 2.33. The zero-order valence-electron chi connectivity index (χ0n) is 12.2. The molecule has 1 N–H and O–H groups in total. The fraction of sp³-hybridized carbons (Fsp3) is 0.0625. The van der Waals surface area contributed by atoms with E-state index in [0.29, 0.717) is 0 Å². The molecular weight excluding hydrogens is 385 g/mol. The van der Waals surface area contributed by atoms with Crippen LogP contribution in [0.25, 0.3) is 0 Å². The van der Waals surface area contributed by atoms with Crippen molar-refractivity contribution in [3.05, 3.63) is 48.6 Å². The lowest BCUT2D eigenvalue weighted by atomic mass is 10.3. The van der Waals surface area contributed by atoms with Crippen LogP contribution in [-0.4, -0.2) is 11.1 Å². The monoisotopic (exact) mass is 400 g/mol. The average Bonchev–Trinajstić information content (AvgIpc) is 2.47. The zero-order valence-corrected chi connectivity index (χ0v) is 16.6. The van der Waals surface area contributed by atoms with E-state index < -0.39 is 5.97 Å². The molecule has 0 radical (unpaired) electrons. The molecule has 0 heterocycles. The van der Waals surface area contributed by atoms with Crippen molar-refractivity contribution in [3.63, 3.8) is 0 Å². The highest BCUT2D eigenvalue weighted by Gasteiger charge is 2.02. The molecule has 0 aliphatic heterocycles. The van der Waals surface area contributed by atoms with E-state index in [4.69, 9.17) is 5.11 Å². The molecular formula is C16H16O2S5. The summed E-state index contributed by atoms with van der Waals surface area (Å²) >= 11 is 19.0. The normalized spacial score (nSPS) is 9.78. The van der Waals surface area contributed by atoms with Crippen LogP contribution in [0.1, 0.15) is 6.92 Å². The molecule has 0 aliphatic rings. The Morgan fingerprint density at radius 2 is 1.26 bits per heavy atom. The molecule has 0 spiro atoms. The first kappa shape index (κ1) is 20.4. The third-order valence-corrected chi connectivity index (χ3v) is 5.35. The Bertz CT molecular complexity index is 667. The summed E-state index contributed by atoms with van der Waals surface area (Å²) in [5.41, 5.74) is 0.176. The Labute approximate surface area is 162 Å². The molecule has 2 aromatic rings. The molecule has 122 valence electrons. The van der Waals surface area contributed by atoms with Gasteiger partial charge in [0.15, 0.2) is 0 Å². The van der Waals surface area contributed by atoms with Gasteiger partial charge < -0.3 is 5.11 Å². The SMILES string of the molecule is C=C(C)C(=O)O.Sc1ccc(Sc2ccc(S)c(S)c2)cc1S. The van der Waals surface area contributed by atoms with Gasteiger partial charge in [-0.3, -0.25) is 0 Å². The van der Waals surface area contributed by atoms with Gasteiger partial charge in [-0.1, -0.05) is 18.3 Å². The smallest absolute Gasteiger partial charge is 0.330 e. The van der Waals surface area contributed by atoms with Crippen LogP contribution in [0.15, 0.2) is 77.9 Å². The molecule has 0 atom stereocenters. The van der Waals surface area contributed by atoms with Gasteiger partial charge in [-0.05, 0) is 43.3 Å². The van der Waals surface area contributed by atoms with Gasteiger partial charge in [0.2, 0.25) is 0 Å². The maximum atomic E-state index is 9.60. The second-order valence-corrected chi connectivity index (χ2v) is 7.56. The number of hydrogen-bond donors (Lipinski definition) is 5. The minimum absolute atomic E-state index is 0.176. The van der Waals surface area contributed by atoms with Crippen LogP contribution >= 0.6 is 62.3 Å².